The fourth-order valence-corrected chi connectivity index (χ4v) is 4.34. The van der Waals surface area contributed by atoms with Gasteiger partial charge in [-0.25, -0.2) is 9.67 Å². The van der Waals surface area contributed by atoms with Gasteiger partial charge in [-0.2, -0.15) is 4.68 Å². The smallest absolute Gasteiger partial charge is 0.297 e. The molecule has 5 rings (SSSR count). The summed E-state index contributed by atoms with van der Waals surface area (Å²) in [5.41, 5.74) is 9.36. The van der Waals surface area contributed by atoms with Crippen LogP contribution in [0.4, 0.5) is 5.82 Å². The van der Waals surface area contributed by atoms with Crippen molar-refractivity contribution in [1.82, 2.24) is 29.3 Å². The second-order valence-corrected chi connectivity index (χ2v) is 7.66. The van der Waals surface area contributed by atoms with Gasteiger partial charge in [-0.15, -0.1) is 16.4 Å². The molecule has 0 saturated carbocycles. The molecule has 0 amide bonds. The third-order valence-electron chi connectivity index (χ3n) is 4.94. The monoisotopic (exact) mass is 403 g/mol. The molecule has 0 unspecified atom stereocenters. The molecule has 29 heavy (non-hydrogen) atoms. The minimum Gasteiger partial charge on any atom is -0.382 e. The quantitative estimate of drug-likeness (QED) is 0.500. The summed E-state index contributed by atoms with van der Waals surface area (Å²) < 4.78 is 5.81. The van der Waals surface area contributed by atoms with Gasteiger partial charge in [-0.05, 0) is 31.2 Å². The maximum absolute atomic E-state index is 13.2. The van der Waals surface area contributed by atoms with Crippen LogP contribution in [0.3, 0.4) is 0 Å². The van der Waals surface area contributed by atoms with Gasteiger partial charge in [0.15, 0.2) is 17.2 Å². The van der Waals surface area contributed by atoms with Crippen LogP contribution in [-0.4, -0.2) is 29.3 Å². The Bertz CT molecular complexity index is 1380. The molecule has 9 heteroatoms. The third-order valence-corrected chi connectivity index (χ3v) is 5.98. The van der Waals surface area contributed by atoms with Crippen molar-refractivity contribution in [3.05, 3.63) is 70.6 Å². The van der Waals surface area contributed by atoms with Gasteiger partial charge in [0.25, 0.3) is 5.56 Å². The predicted molar refractivity (Wildman–Crippen MR) is 114 cm³/mol. The van der Waals surface area contributed by atoms with E-state index in [9.17, 15) is 4.79 Å². The van der Waals surface area contributed by atoms with E-state index in [-0.39, 0.29) is 11.4 Å². The lowest BCUT2D eigenvalue weighted by Gasteiger charge is -2.07. The Labute approximate surface area is 169 Å². The fourth-order valence-electron chi connectivity index (χ4n) is 3.38. The number of nitrogen functional groups attached to an aromatic ring is 1. The average molecular weight is 403 g/mol. The van der Waals surface area contributed by atoms with Crippen LogP contribution in [0.5, 0.6) is 0 Å². The molecule has 3 heterocycles. The molecule has 0 fully saturated rings. The molecule has 0 aliphatic rings. The summed E-state index contributed by atoms with van der Waals surface area (Å²) in [4.78, 5) is 17.8. The summed E-state index contributed by atoms with van der Waals surface area (Å²) in [6.07, 6.45) is 0. The first-order valence-electron chi connectivity index (χ1n) is 8.98. The SMILES string of the molecule is Cc1c(-n2nnc(-c3nc4ccccc4s3)c2N)c(=O)n(-c2ccccc2)n1C. The molecular weight excluding hydrogens is 386 g/mol. The van der Waals surface area contributed by atoms with Gasteiger partial charge < -0.3 is 5.73 Å². The highest BCUT2D eigenvalue weighted by Crippen LogP contribution is 2.32. The Morgan fingerprint density at radius 1 is 1.03 bits per heavy atom. The molecule has 2 N–H and O–H groups in total. The third kappa shape index (κ3) is 2.59. The summed E-state index contributed by atoms with van der Waals surface area (Å²) in [7, 11) is 1.83. The number of hydrogen-bond donors (Lipinski definition) is 1. The zero-order chi connectivity index (χ0) is 20.1. The van der Waals surface area contributed by atoms with Gasteiger partial charge >= 0.3 is 0 Å². The molecule has 2 aromatic carbocycles. The number of hydrogen-bond acceptors (Lipinski definition) is 6. The minimum atomic E-state index is -0.219. The van der Waals surface area contributed by atoms with Crippen molar-refractivity contribution in [2.75, 3.05) is 5.73 Å². The standard InChI is InChI=1S/C20H17N7OS/c1-12-17(20(28)27(25(12)2)13-8-4-3-5-9-13)26-18(21)16(23-24-26)19-22-14-10-6-7-11-15(14)29-19/h3-11H,21H2,1-2H3. The number of fused-ring (bicyclic) bond motifs is 1. The van der Waals surface area contributed by atoms with E-state index in [1.807, 2.05) is 68.6 Å². The zero-order valence-electron chi connectivity index (χ0n) is 15.8. The molecule has 0 radical (unpaired) electrons. The van der Waals surface area contributed by atoms with E-state index in [2.05, 4.69) is 15.3 Å². The first-order chi connectivity index (χ1) is 14.1. The molecule has 0 aliphatic heterocycles. The highest BCUT2D eigenvalue weighted by molar-refractivity contribution is 7.21. The molecular formula is C20H17N7OS. The second kappa shape index (κ2) is 6.42. The van der Waals surface area contributed by atoms with E-state index in [4.69, 9.17) is 5.73 Å². The minimum absolute atomic E-state index is 0.219. The summed E-state index contributed by atoms with van der Waals surface area (Å²) >= 11 is 1.49. The molecule has 0 aliphatic carbocycles. The van der Waals surface area contributed by atoms with E-state index in [1.54, 1.807) is 9.36 Å². The van der Waals surface area contributed by atoms with Gasteiger partial charge in [0.2, 0.25) is 0 Å². The van der Waals surface area contributed by atoms with Crippen LogP contribution in [0.15, 0.2) is 59.4 Å². The van der Waals surface area contributed by atoms with Crippen molar-refractivity contribution < 1.29 is 0 Å². The van der Waals surface area contributed by atoms with Crippen LogP contribution in [0.25, 0.3) is 32.3 Å². The van der Waals surface area contributed by atoms with Crippen molar-refractivity contribution in [3.8, 4) is 22.1 Å². The predicted octanol–water partition coefficient (Wildman–Crippen LogP) is 2.92. The van der Waals surface area contributed by atoms with E-state index >= 15 is 0 Å². The Hall–Kier alpha value is -3.72. The Morgan fingerprint density at radius 2 is 1.76 bits per heavy atom. The Balaban J connectivity index is 1.68. The van der Waals surface area contributed by atoms with E-state index < -0.39 is 0 Å². The highest BCUT2D eigenvalue weighted by atomic mass is 32.1. The summed E-state index contributed by atoms with van der Waals surface area (Å²) in [6.45, 7) is 1.86. The molecule has 0 saturated heterocycles. The van der Waals surface area contributed by atoms with E-state index in [1.165, 1.54) is 16.0 Å². The number of nitrogens with two attached hydrogens (primary N) is 1. The van der Waals surface area contributed by atoms with E-state index in [0.29, 0.717) is 16.4 Å². The topological polar surface area (TPSA) is 96.6 Å². The normalized spacial score (nSPS) is 11.4. The number of para-hydroxylation sites is 2. The van der Waals surface area contributed by atoms with Crippen molar-refractivity contribution in [1.29, 1.82) is 0 Å². The van der Waals surface area contributed by atoms with Crippen LogP contribution in [0, 0.1) is 6.92 Å². The summed E-state index contributed by atoms with van der Waals surface area (Å²) in [5, 5.41) is 9.09. The van der Waals surface area contributed by atoms with Crippen LogP contribution >= 0.6 is 11.3 Å². The number of anilines is 1. The van der Waals surface area contributed by atoms with Crippen LogP contribution in [-0.2, 0) is 7.05 Å². The van der Waals surface area contributed by atoms with Crippen molar-refractivity contribution in [2.45, 2.75) is 6.92 Å². The largest absolute Gasteiger partial charge is 0.382 e. The molecule has 0 spiro atoms. The van der Waals surface area contributed by atoms with Gasteiger partial charge in [0.1, 0.15) is 5.01 Å². The number of thiazole rings is 1. The molecule has 144 valence electrons. The second-order valence-electron chi connectivity index (χ2n) is 6.63. The van der Waals surface area contributed by atoms with Gasteiger partial charge in [0, 0.05) is 7.05 Å². The lowest BCUT2D eigenvalue weighted by molar-refractivity contribution is 0.630. The molecule has 3 aromatic heterocycles. The van der Waals surface area contributed by atoms with Crippen LogP contribution in [0.1, 0.15) is 5.69 Å². The lowest BCUT2D eigenvalue weighted by Crippen LogP contribution is -2.22. The Morgan fingerprint density at radius 3 is 2.52 bits per heavy atom. The van der Waals surface area contributed by atoms with E-state index in [0.717, 1.165) is 21.6 Å². The number of rotatable bonds is 3. The first-order valence-corrected chi connectivity index (χ1v) is 9.79. The molecule has 8 nitrogen and oxygen atoms in total. The average Bonchev–Trinajstić information content (AvgIpc) is 3.38. The highest BCUT2D eigenvalue weighted by Gasteiger charge is 2.23. The van der Waals surface area contributed by atoms with Gasteiger partial charge in [-0.3, -0.25) is 9.48 Å². The maximum atomic E-state index is 13.2. The van der Waals surface area contributed by atoms with Gasteiger partial charge in [0.05, 0.1) is 21.6 Å². The molecule has 0 bridgehead atoms. The van der Waals surface area contributed by atoms with Gasteiger partial charge in [-0.1, -0.05) is 35.5 Å². The first kappa shape index (κ1) is 17.4. The zero-order valence-corrected chi connectivity index (χ0v) is 16.6. The fraction of sp³-hybridized carbons (Fsp3) is 0.100. The summed E-state index contributed by atoms with van der Waals surface area (Å²) in [6, 6.07) is 17.3. The van der Waals surface area contributed by atoms with Crippen molar-refractivity contribution in [3.63, 3.8) is 0 Å². The summed E-state index contributed by atoms with van der Waals surface area (Å²) in [5.74, 6) is 0.287. The Kier molecular flexibility index (Phi) is 3.85. The number of benzene rings is 2. The van der Waals surface area contributed by atoms with Crippen molar-refractivity contribution in [2.24, 2.45) is 7.05 Å². The van der Waals surface area contributed by atoms with Crippen LogP contribution in [0.2, 0.25) is 0 Å². The van der Waals surface area contributed by atoms with Crippen molar-refractivity contribution >= 4 is 27.4 Å². The molecule has 0 atom stereocenters. The lowest BCUT2D eigenvalue weighted by atomic mass is 10.3. The molecule has 5 aromatic rings. The van der Waals surface area contributed by atoms with Crippen LogP contribution < -0.4 is 11.3 Å². The number of nitrogens with zero attached hydrogens (tertiary/aromatic N) is 6. The number of aromatic nitrogens is 6. The maximum Gasteiger partial charge on any atom is 0.297 e.